The molecule has 5 heteroatoms. The molecule has 0 aliphatic rings. The number of nitrogen functional groups attached to an aromatic ring is 1. The Morgan fingerprint density at radius 1 is 1.00 bits per heavy atom. The van der Waals surface area contributed by atoms with Crippen molar-refractivity contribution in [2.75, 3.05) is 32.2 Å². The van der Waals surface area contributed by atoms with Crippen LogP contribution in [-0.2, 0) is 14.3 Å². The molecule has 0 aromatic heterocycles. The van der Waals surface area contributed by atoms with Crippen LogP contribution in [0.1, 0.15) is 45.4 Å². The Labute approximate surface area is 139 Å². The molecule has 1 aromatic carbocycles. The molecule has 0 heterocycles. The lowest BCUT2D eigenvalue weighted by molar-refractivity contribution is -0.145. The van der Waals surface area contributed by atoms with E-state index < -0.39 is 0 Å². The van der Waals surface area contributed by atoms with Crippen molar-refractivity contribution < 1.29 is 19.0 Å². The fourth-order valence-electron chi connectivity index (χ4n) is 2.08. The number of para-hydroxylation sites is 2. The summed E-state index contributed by atoms with van der Waals surface area (Å²) in [6.07, 6.45) is 6.15. The van der Waals surface area contributed by atoms with Crippen molar-refractivity contribution in [2.45, 2.75) is 45.4 Å². The summed E-state index contributed by atoms with van der Waals surface area (Å²) in [6, 6.07) is 7.33. The van der Waals surface area contributed by atoms with Gasteiger partial charge in [-0.05, 0) is 18.6 Å². The topological polar surface area (TPSA) is 70.8 Å². The van der Waals surface area contributed by atoms with E-state index in [0.29, 0.717) is 44.3 Å². The first-order chi connectivity index (χ1) is 11.2. The molecule has 0 radical (unpaired) electrons. The first kappa shape index (κ1) is 19.3. The number of rotatable bonds is 13. The van der Waals surface area contributed by atoms with E-state index in [9.17, 15) is 4.79 Å². The number of carbonyl (C=O) groups is 1. The molecule has 0 atom stereocenters. The van der Waals surface area contributed by atoms with Crippen LogP contribution in [0.5, 0.6) is 5.75 Å². The van der Waals surface area contributed by atoms with E-state index in [4.69, 9.17) is 19.9 Å². The minimum atomic E-state index is -0.140. The standard InChI is InChI=1S/C18H29NO4/c1-2-3-4-5-6-11-18(20)23-15-13-21-12-14-22-17-10-8-7-9-16(17)19/h7-10H,2-6,11-15,19H2,1H3. The third-order valence-corrected chi connectivity index (χ3v) is 3.38. The van der Waals surface area contributed by atoms with Gasteiger partial charge < -0.3 is 19.9 Å². The van der Waals surface area contributed by atoms with Gasteiger partial charge in [-0.25, -0.2) is 0 Å². The quantitative estimate of drug-likeness (QED) is 0.341. The third kappa shape index (κ3) is 9.79. The second-order valence-electron chi connectivity index (χ2n) is 5.38. The van der Waals surface area contributed by atoms with Gasteiger partial charge in [0.15, 0.2) is 0 Å². The predicted molar refractivity (Wildman–Crippen MR) is 91.5 cm³/mol. The minimum Gasteiger partial charge on any atom is -0.489 e. The van der Waals surface area contributed by atoms with Crippen LogP contribution in [0.15, 0.2) is 24.3 Å². The molecule has 0 fully saturated rings. The van der Waals surface area contributed by atoms with E-state index in [0.717, 1.165) is 12.8 Å². The Morgan fingerprint density at radius 3 is 2.52 bits per heavy atom. The molecule has 2 N–H and O–H groups in total. The van der Waals surface area contributed by atoms with Crippen LogP contribution in [-0.4, -0.2) is 32.4 Å². The van der Waals surface area contributed by atoms with Crippen molar-refractivity contribution in [3.8, 4) is 5.75 Å². The van der Waals surface area contributed by atoms with Crippen LogP contribution in [0.25, 0.3) is 0 Å². The summed E-state index contributed by atoms with van der Waals surface area (Å²) in [5.41, 5.74) is 6.37. The smallest absolute Gasteiger partial charge is 0.305 e. The van der Waals surface area contributed by atoms with Gasteiger partial charge in [0.05, 0.1) is 18.9 Å². The number of carbonyl (C=O) groups excluding carboxylic acids is 1. The van der Waals surface area contributed by atoms with Crippen LogP contribution in [0.4, 0.5) is 5.69 Å². The first-order valence-corrected chi connectivity index (χ1v) is 8.44. The lowest BCUT2D eigenvalue weighted by Crippen LogP contribution is -2.13. The second-order valence-corrected chi connectivity index (χ2v) is 5.38. The monoisotopic (exact) mass is 323 g/mol. The number of nitrogens with two attached hydrogens (primary N) is 1. The zero-order valence-corrected chi connectivity index (χ0v) is 14.1. The van der Waals surface area contributed by atoms with Gasteiger partial charge in [0.25, 0.3) is 0 Å². The van der Waals surface area contributed by atoms with E-state index in [2.05, 4.69) is 6.92 Å². The summed E-state index contributed by atoms with van der Waals surface area (Å²) >= 11 is 0. The van der Waals surface area contributed by atoms with Gasteiger partial charge in [-0.1, -0.05) is 44.7 Å². The molecule has 5 nitrogen and oxygen atoms in total. The molecule has 130 valence electrons. The molecule has 1 rings (SSSR count). The van der Waals surface area contributed by atoms with Gasteiger partial charge in [-0.3, -0.25) is 4.79 Å². The highest BCUT2D eigenvalue weighted by Crippen LogP contribution is 2.19. The van der Waals surface area contributed by atoms with Crippen molar-refractivity contribution in [1.29, 1.82) is 0 Å². The number of hydrogen-bond acceptors (Lipinski definition) is 5. The Balaban J connectivity index is 1.91. The highest BCUT2D eigenvalue weighted by molar-refractivity contribution is 5.69. The number of esters is 1. The van der Waals surface area contributed by atoms with E-state index >= 15 is 0 Å². The van der Waals surface area contributed by atoms with Crippen molar-refractivity contribution in [2.24, 2.45) is 0 Å². The van der Waals surface area contributed by atoms with Gasteiger partial charge in [-0.15, -0.1) is 0 Å². The highest BCUT2D eigenvalue weighted by Gasteiger charge is 2.02. The Kier molecular flexibility index (Phi) is 10.7. The van der Waals surface area contributed by atoms with Crippen LogP contribution >= 0.6 is 0 Å². The fourth-order valence-corrected chi connectivity index (χ4v) is 2.08. The molecule has 0 aliphatic heterocycles. The summed E-state index contributed by atoms with van der Waals surface area (Å²) in [6.45, 7) is 3.70. The third-order valence-electron chi connectivity index (χ3n) is 3.38. The first-order valence-electron chi connectivity index (χ1n) is 8.44. The zero-order valence-electron chi connectivity index (χ0n) is 14.1. The van der Waals surface area contributed by atoms with Gasteiger partial charge in [-0.2, -0.15) is 0 Å². The van der Waals surface area contributed by atoms with Crippen molar-refractivity contribution in [3.63, 3.8) is 0 Å². The summed E-state index contributed by atoms with van der Waals surface area (Å²) in [5, 5.41) is 0. The normalized spacial score (nSPS) is 10.5. The summed E-state index contributed by atoms with van der Waals surface area (Å²) < 4.78 is 16.0. The molecule has 0 bridgehead atoms. The molecule has 0 spiro atoms. The van der Waals surface area contributed by atoms with Gasteiger partial charge in [0.2, 0.25) is 0 Å². The minimum absolute atomic E-state index is 0.140. The number of hydrogen-bond donors (Lipinski definition) is 1. The molecular formula is C18H29NO4. The number of benzene rings is 1. The van der Waals surface area contributed by atoms with Crippen LogP contribution in [0.3, 0.4) is 0 Å². The lowest BCUT2D eigenvalue weighted by Gasteiger charge is -2.09. The molecule has 0 unspecified atom stereocenters. The van der Waals surface area contributed by atoms with Crippen molar-refractivity contribution in [1.82, 2.24) is 0 Å². The van der Waals surface area contributed by atoms with E-state index in [1.165, 1.54) is 19.3 Å². The van der Waals surface area contributed by atoms with Crippen molar-refractivity contribution in [3.05, 3.63) is 24.3 Å². The number of ether oxygens (including phenoxy) is 3. The second kappa shape index (κ2) is 12.8. The Hall–Kier alpha value is -1.75. The predicted octanol–water partition coefficient (Wildman–Crippen LogP) is 3.57. The molecule has 1 aromatic rings. The maximum Gasteiger partial charge on any atom is 0.305 e. The molecule has 23 heavy (non-hydrogen) atoms. The highest BCUT2D eigenvalue weighted by atomic mass is 16.6. The van der Waals surface area contributed by atoms with Gasteiger partial charge >= 0.3 is 5.97 Å². The average molecular weight is 323 g/mol. The summed E-state index contributed by atoms with van der Waals surface area (Å²) in [4.78, 5) is 11.5. The fraction of sp³-hybridized carbons (Fsp3) is 0.611. The SMILES string of the molecule is CCCCCCCC(=O)OCCOCCOc1ccccc1N. The summed E-state index contributed by atoms with van der Waals surface area (Å²) in [5.74, 6) is 0.518. The Morgan fingerprint density at radius 2 is 1.74 bits per heavy atom. The lowest BCUT2D eigenvalue weighted by atomic mass is 10.1. The summed E-state index contributed by atoms with van der Waals surface area (Å²) in [7, 11) is 0. The van der Waals surface area contributed by atoms with Crippen molar-refractivity contribution >= 4 is 11.7 Å². The van der Waals surface area contributed by atoms with E-state index in [1.807, 2.05) is 18.2 Å². The van der Waals surface area contributed by atoms with E-state index in [1.54, 1.807) is 6.07 Å². The van der Waals surface area contributed by atoms with E-state index in [-0.39, 0.29) is 5.97 Å². The molecular weight excluding hydrogens is 294 g/mol. The molecule has 0 aliphatic carbocycles. The van der Waals surface area contributed by atoms with Crippen LogP contribution in [0.2, 0.25) is 0 Å². The zero-order chi connectivity index (χ0) is 16.8. The van der Waals surface area contributed by atoms with Crippen LogP contribution in [0, 0.1) is 0 Å². The largest absolute Gasteiger partial charge is 0.489 e. The van der Waals surface area contributed by atoms with Crippen LogP contribution < -0.4 is 10.5 Å². The number of unbranched alkanes of at least 4 members (excludes halogenated alkanes) is 4. The number of anilines is 1. The Bertz CT molecular complexity index is 437. The van der Waals surface area contributed by atoms with Gasteiger partial charge in [0.1, 0.15) is 19.0 Å². The molecule has 0 amide bonds. The maximum absolute atomic E-state index is 11.5. The van der Waals surface area contributed by atoms with Gasteiger partial charge in [0, 0.05) is 6.42 Å². The maximum atomic E-state index is 11.5. The molecule has 0 saturated carbocycles. The average Bonchev–Trinajstić information content (AvgIpc) is 2.55. The molecule has 0 saturated heterocycles.